The molecule has 0 radical (unpaired) electrons. The van der Waals surface area contributed by atoms with Crippen molar-refractivity contribution >= 4 is 41.0 Å². The number of aldehydes is 1. The van der Waals surface area contributed by atoms with E-state index >= 15 is 0 Å². The van der Waals surface area contributed by atoms with Crippen LogP contribution >= 0.6 is 0 Å². The number of halogens is 2. The number of aryl methyl sites for hydroxylation is 1. The smallest absolute Gasteiger partial charge is 0.261 e. The number of fused-ring (bicyclic) bond motifs is 4. The molecule has 3 unspecified atom stereocenters. The zero-order valence-electron chi connectivity index (χ0n) is 33.7. The van der Waals surface area contributed by atoms with Crippen molar-refractivity contribution in [1.82, 2.24) is 29.6 Å². The Morgan fingerprint density at radius 3 is 2.47 bits per heavy atom. The normalized spacial score (nSPS) is 20.6. The number of likely N-dealkylation sites (tertiary alicyclic amines) is 1. The zero-order chi connectivity index (χ0) is 41.2. The number of aromatic nitrogens is 2. The molecule has 3 atom stereocenters. The molecule has 4 aromatic rings. The first-order valence-corrected chi connectivity index (χ1v) is 20.8. The number of nitrogens with one attached hydrogen (secondary N) is 1. The molecule has 3 amide bonds. The Bertz CT molecular complexity index is 2230. The number of methoxy groups -OCH3 is 1. The molecule has 13 heteroatoms. The van der Waals surface area contributed by atoms with E-state index in [1.54, 1.807) is 0 Å². The standard InChI is InChI=1S/C46H52F2N6O5/c1-29-21-33-24-53(25-34(33)22-39(29)46(58)54(28-56)36(27-55)16-20-59-2)35-13-17-51(18-14-35)45(57)31-9-7-30(8-10-31)40-12-11-32(23-49-40)44-43-38(15-19-52(44)26-42(47)48)37-5-3-4-6-41(37)50-43/h3-7,11-12,21-23,27-28,31,35-36,42,44,50H,8-10,13-20,24-26H2,1-2H3. The first kappa shape index (κ1) is 40.7. The Morgan fingerprint density at radius 2 is 1.80 bits per heavy atom. The number of imide groups is 1. The van der Waals surface area contributed by atoms with Gasteiger partial charge in [0.2, 0.25) is 12.3 Å². The molecule has 3 aliphatic heterocycles. The molecule has 1 aliphatic carbocycles. The summed E-state index contributed by atoms with van der Waals surface area (Å²) in [6.07, 6.45) is 7.41. The fourth-order valence-corrected chi connectivity index (χ4v) is 9.82. The lowest BCUT2D eigenvalue weighted by atomic mass is 9.86. The van der Waals surface area contributed by atoms with Crippen LogP contribution in [0.5, 0.6) is 0 Å². The third-order valence-electron chi connectivity index (χ3n) is 13.0. The summed E-state index contributed by atoms with van der Waals surface area (Å²) in [6, 6.07) is 15.1. The van der Waals surface area contributed by atoms with Crippen LogP contribution in [0.15, 0.2) is 60.8 Å². The number of hydrogen-bond donors (Lipinski definition) is 1. The van der Waals surface area contributed by atoms with Gasteiger partial charge in [-0.2, -0.15) is 0 Å². The Hall–Kier alpha value is -5.11. The van der Waals surface area contributed by atoms with Crippen LogP contribution in [-0.2, 0) is 38.6 Å². The molecule has 1 N–H and O–H groups in total. The average Bonchev–Trinajstić information content (AvgIpc) is 3.85. The number of ether oxygens (including phenoxy) is 1. The summed E-state index contributed by atoms with van der Waals surface area (Å²) in [7, 11) is 1.51. The van der Waals surface area contributed by atoms with Crippen molar-refractivity contribution in [1.29, 1.82) is 0 Å². The highest BCUT2D eigenvalue weighted by atomic mass is 19.3. The second kappa shape index (κ2) is 17.6. The topological polar surface area (TPSA) is 119 Å². The lowest BCUT2D eigenvalue weighted by molar-refractivity contribution is -0.137. The lowest BCUT2D eigenvalue weighted by Crippen LogP contribution is -2.47. The molecular formula is C46H52F2N6O5. The molecule has 59 heavy (non-hydrogen) atoms. The Kier molecular flexibility index (Phi) is 12.1. The first-order chi connectivity index (χ1) is 28.7. The molecular weight excluding hydrogens is 755 g/mol. The number of para-hydroxylation sites is 1. The van der Waals surface area contributed by atoms with E-state index in [1.165, 1.54) is 12.7 Å². The van der Waals surface area contributed by atoms with Gasteiger partial charge in [-0.1, -0.05) is 36.4 Å². The number of hydrogen-bond acceptors (Lipinski definition) is 8. The quantitative estimate of drug-likeness (QED) is 0.153. The van der Waals surface area contributed by atoms with Crippen LogP contribution < -0.4 is 0 Å². The summed E-state index contributed by atoms with van der Waals surface area (Å²) < 4.78 is 32.5. The van der Waals surface area contributed by atoms with Crippen LogP contribution in [-0.4, -0.2) is 112 Å². The molecule has 0 spiro atoms. The van der Waals surface area contributed by atoms with Gasteiger partial charge in [0.25, 0.3) is 12.3 Å². The summed E-state index contributed by atoms with van der Waals surface area (Å²) >= 11 is 0. The molecule has 310 valence electrons. The van der Waals surface area contributed by atoms with E-state index in [0.29, 0.717) is 63.3 Å². The Balaban J connectivity index is 0.862. The minimum atomic E-state index is -2.44. The van der Waals surface area contributed by atoms with Crippen molar-refractivity contribution in [2.45, 2.75) is 89.5 Å². The maximum atomic E-state index is 13.8. The largest absolute Gasteiger partial charge is 0.385 e. The number of allylic oxidation sites excluding steroid dienone is 2. The molecule has 2 aromatic heterocycles. The number of amides is 3. The molecule has 8 rings (SSSR count). The molecule has 11 nitrogen and oxygen atoms in total. The van der Waals surface area contributed by atoms with E-state index in [4.69, 9.17) is 9.72 Å². The van der Waals surface area contributed by atoms with Crippen molar-refractivity contribution in [3.8, 4) is 0 Å². The van der Waals surface area contributed by atoms with Crippen LogP contribution in [0, 0.1) is 12.8 Å². The van der Waals surface area contributed by atoms with Crippen molar-refractivity contribution < 1.29 is 32.7 Å². The number of carbonyl (C=O) groups excluding carboxylic acids is 4. The fourth-order valence-electron chi connectivity index (χ4n) is 9.82. The minimum absolute atomic E-state index is 0.0747. The number of piperidine rings is 1. The van der Waals surface area contributed by atoms with E-state index < -0.39 is 18.4 Å². The third kappa shape index (κ3) is 8.25. The van der Waals surface area contributed by atoms with Gasteiger partial charge in [0, 0.05) is 86.8 Å². The van der Waals surface area contributed by atoms with Crippen LogP contribution in [0.1, 0.15) is 94.1 Å². The van der Waals surface area contributed by atoms with E-state index in [9.17, 15) is 28.0 Å². The van der Waals surface area contributed by atoms with Crippen LogP contribution in [0.2, 0.25) is 0 Å². The molecule has 2 aromatic carbocycles. The molecule has 1 fully saturated rings. The highest BCUT2D eigenvalue weighted by Gasteiger charge is 2.36. The lowest BCUT2D eigenvalue weighted by Gasteiger charge is -2.38. The molecule has 5 heterocycles. The van der Waals surface area contributed by atoms with E-state index in [-0.39, 0.29) is 37.4 Å². The van der Waals surface area contributed by atoms with Crippen LogP contribution in [0.3, 0.4) is 0 Å². The van der Waals surface area contributed by atoms with Crippen LogP contribution in [0.25, 0.3) is 16.5 Å². The number of aromatic amines is 1. The van der Waals surface area contributed by atoms with Gasteiger partial charge < -0.3 is 19.4 Å². The van der Waals surface area contributed by atoms with E-state index in [1.807, 2.05) is 65.4 Å². The highest BCUT2D eigenvalue weighted by molar-refractivity contribution is 6.02. The second-order valence-corrected chi connectivity index (χ2v) is 16.5. The maximum absolute atomic E-state index is 13.8. The number of pyridine rings is 1. The predicted octanol–water partition coefficient (Wildman–Crippen LogP) is 6.48. The van der Waals surface area contributed by atoms with Gasteiger partial charge in [-0.3, -0.25) is 34.1 Å². The third-order valence-corrected chi connectivity index (χ3v) is 13.0. The van der Waals surface area contributed by atoms with Gasteiger partial charge in [-0.05, 0) is 103 Å². The first-order valence-electron chi connectivity index (χ1n) is 20.8. The Morgan fingerprint density at radius 1 is 1.02 bits per heavy atom. The monoisotopic (exact) mass is 806 g/mol. The number of benzene rings is 2. The average molecular weight is 807 g/mol. The predicted molar refractivity (Wildman–Crippen MR) is 220 cm³/mol. The number of H-pyrrole nitrogens is 1. The zero-order valence-corrected chi connectivity index (χ0v) is 33.7. The second-order valence-electron chi connectivity index (χ2n) is 16.5. The number of carbonyl (C=O) groups is 4. The SMILES string of the molecule is COCCC(C=O)N(C=O)C(=O)c1cc2c(cc1C)CN(C1CCN(C(=O)C3CC=C(c4ccc(C5c6[nH]c7ccccc7c6CCN5CC(F)F)cn4)CC3)CC1)C2. The van der Waals surface area contributed by atoms with Crippen molar-refractivity contribution in [2.24, 2.45) is 5.92 Å². The van der Waals surface area contributed by atoms with E-state index in [2.05, 4.69) is 22.0 Å². The summed E-state index contributed by atoms with van der Waals surface area (Å²) in [5.74, 6) is -0.359. The van der Waals surface area contributed by atoms with Crippen LogP contribution in [0.4, 0.5) is 8.78 Å². The van der Waals surface area contributed by atoms with Gasteiger partial charge in [0.05, 0.1) is 24.3 Å². The molecule has 0 saturated carbocycles. The summed E-state index contributed by atoms with van der Waals surface area (Å²) in [6.45, 7) is 5.18. The summed E-state index contributed by atoms with van der Waals surface area (Å²) in [4.78, 5) is 66.5. The Labute approximate surface area is 343 Å². The highest BCUT2D eigenvalue weighted by Crippen LogP contribution is 2.40. The van der Waals surface area contributed by atoms with Gasteiger partial charge >= 0.3 is 0 Å². The molecule has 1 saturated heterocycles. The molecule has 4 aliphatic rings. The number of nitrogens with zero attached hydrogens (tertiary/aromatic N) is 5. The van der Waals surface area contributed by atoms with E-state index in [0.717, 1.165) is 87.2 Å². The molecule has 0 bridgehead atoms. The van der Waals surface area contributed by atoms with Crippen molar-refractivity contribution in [3.63, 3.8) is 0 Å². The van der Waals surface area contributed by atoms with Gasteiger partial charge in [0.1, 0.15) is 6.29 Å². The maximum Gasteiger partial charge on any atom is 0.261 e. The number of rotatable bonds is 13. The minimum Gasteiger partial charge on any atom is -0.385 e. The van der Waals surface area contributed by atoms with Crippen molar-refractivity contribution in [3.05, 3.63) is 106 Å². The van der Waals surface area contributed by atoms with Gasteiger partial charge in [0.15, 0.2) is 0 Å². The summed E-state index contributed by atoms with van der Waals surface area (Å²) in [5, 5.41) is 1.14. The fraction of sp³-hybridized carbons (Fsp3) is 0.457. The van der Waals surface area contributed by atoms with Gasteiger partial charge in [-0.25, -0.2) is 8.78 Å². The number of alkyl halides is 2. The van der Waals surface area contributed by atoms with Gasteiger partial charge in [-0.15, -0.1) is 0 Å². The van der Waals surface area contributed by atoms with Crippen molar-refractivity contribution in [2.75, 3.05) is 39.9 Å². The summed E-state index contributed by atoms with van der Waals surface area (Å²) in [5.41, 5.74) is 9.40.